The van der Waals surface area contributed by atoms with Crippen molar-refractivity contribution < 1.29 is 18.3 Å². The first-order valence-electron chi connectivity index (χ1n) is 4.71. The number of Topliss-reactive ketones (excluding diaryl/α,β-unsaturated/α-hetero) is 1. The second-order valence-corrected chi connectivity index (χ2v) is 3.12. The Morgan fingerprint density at radius 3 is 2.75 bits per heavy atom. The Hall–Kier alpha value is -2.10. The average molecular weight is 220 g/mol. The Morgan fingerprint density at radius 1 is 1.25 bits per heavy atom. The van der Waals surface area contributed by atoms with Gasteiger partial charge in [0.1, 0.15) is 0 Å². The number of para-hydroxylation sites is 1. The van der Waals surface area contributed by atoms with E-state index in [1.54, 1.807) is 18.2 Å². The first kappa shape index (κ1) is 10.4. The monoisotopic (exact) mass is 220 g/mol. The van der Waals surface area contributed by atoms with E-state index in [1.807, 2.05) is 0 Å². The molecule has 16 heavy (non-hydrogen) atoms. The predicted octanol–water partition coefficient (Wildman–Crippen LogP) is 2.68. The van der Waals surface area contributed by atoms with Crippen LogP contribution in [0, 0.1) is 5.82 Å². The summed E-state index contributed by atoms with van der Waals surface area (Å²) in [6.45, 7) is -0.242. The fraction of sp³-hybridized carbons (Fsp3) is 0.0833. The molecule has 2 rings (SSSR count). The molecule has 0 amide bonds. The normalized spacial score (nSPS) is 10.1. The van der Waals surface area contributed by atoms with Gasteiger partial charge in [-0.25, -0.2) is 4.39 Å². The molecule has 0 radical (unpaired) electrons. The molecule has 0 aliphatic carbocycles. The number of benzene rings is 1. The molecule has 1 aromatic heterocycles. The molecule has 3 nitrogen and oxygen atoms in total. The number of halogens is 1. The number of hydrogen-bond acceptors (Lipinski definition) is 3. The molecule has 0 aliphatic heterocycles. The fourth-order valence-electron chi connectivity index (χ4n) is 1.21. The molecule has 0 saturated carbocycles. The van der Waals surface area contributed by atoms with Crippen LogP contribution >= 0.6 is 0 Å². The lowest BCUT2D eigenvalue weighted by Gasteiger charge is -2.04. The van der Waals surface area contributed by atoms with Crippen molar-refractivity contribution in [3.8, 4) is 5.75 Å². The minimum Gasteiger partial charge on any atom is -0.482 e. The zero-order valence-electron chi connectivity index (χ0n) is 8.35. The van der Waals surface area contributed by atoms with Crippen molar-refractivity contribution in [2.45, 2.75) is 0 Å². The maximum absolute atomic E-state index is 13.1. The van der Waals surface area contributed by atoms with E-state index in [1.165, 1.54) is 24.5 Å². The van der Waals surface area contributed by atoms with E-state index in [4.69, 9.17) is 9.15 Å². The van der Waals surface area contributed by atoms with Crippen LogP contribution in [0.4, 0.5) is 4.39 Å². The van der Waals surface area contributed by atoms with Gasteiger partial charge in [-0.2, -0.15) is 0 Å². The van der Waals surface area contributed by atoms with E-state index in [9.17, 15) is 9.18 Å². The summed E-state index contributed by atoms with van der Waals surface area (Å²) >= 11 is 0. The van der Waals surface area contributed by atoms with Gasteiger partial charge in [-0.05, 0) is 24.3 Å². The fourth-order valence-corrected chi connectivity index (χ4v) is 1.21. The molecule has 0 spiro atoms. The maximum atomic E-state index is 13.1. The summed E-state index contributed by atoms with van der Waals surface area (Å²) in [7, 11) is 0. The number of carbonyl (C=O) groups is 1. The molecule has 0 saturated heterocycles. The molecule has 0 fully saturated rings. The highest BCUT2D eigenvalue weighted by atomic mass is 19.1. The topological polar surface area (TPSA) is 39.4 Å². The highest BCUT2D eigenvalue weighted by Gasteiger charge is 2.10. The van der Waals surface area contributed by atoms with E-state index < -0.39 is 5.82 Å². The summed E-state index contributed by atoms with van der Waals surface area (Å²) in [5, 5.41) is 0. The van der Waals surface area contributed by atoms with Gasteiger partial charge < -0.3 is 9.15 Å². The average Bonchev–Trinajstić information content (AvgIpc) is 2.81. The lowest BCUT2D eigenvalue weighted by Crippen LogP contribution is -2.11. The SMILES string of the molecule is O=C(COc1ccccc1F)c1ccco1. The van der Waals surface area contributed by atoms with Crippen LogP contribution in [0.15, 0.2) is 47.1 Å². The third-order valence-electron chi connectivity index (χ3n) is 1.99. The van der Waals surface area contributed by atoms with Gasteiger partial charge in [0.15, 0.2) is 23.9 Å². The van der Waals surface area contributed by atoms with Crippen LogP contribution in [0.3, 0.4) is 0 Å². The van der Waals surface area contributed by atoms with Gasteiger partial charge >= 0.3 is 0 Å². The largest absolute Gasteiger partial charge is 0.482 e. The van der Waals surface area contributed by atoms with Gasteiger partial charge in [0.25, 0.3) is 0 Å². The minimum absolute atomic E-state index is 0.0578. The van der Waals surface area contributed by atoms with Gasteiger partial charge in [0.05, 0.1) is 6.26 Å². The lowest BCUT2D eigenvalue weighted by molar-refractivity contribution is 0.0891. The summed E-state index contributed by atoms with van der Waals surface area (Å²) in [6, 6.07) is 9.06. The number of ketones is 1. The summed E-state index contributed by atoms with van der Waals surface area (Å²) in [5.41, 5.74) is 0. The third kappa shape index (κ3) is 2.28. The van der Waals surface area contributed by atoms with E-state index in [0.29, 0.717) is 0 Å². The van der Waals surface area contributed by atoms with Gasteiger partial charge in [-0.1, -0.05) is 12.1 Å². The van der Waals surface area contributed by atoms with E-state index in [-0.39, 0.29) is 23.9 Å². The quantitative estimate of drug-likeness (QED) is 0.743. The van der Waals surface area contributed by atoms with Gasteiger partial charge in [-0.3, -0.25) is 4.79 Å². The van der Waals surface area contributed by atoms with Crippen molar-refractivity contribution in [3.63, 3.8) is 0 Å². The summed E-state index contributed by atoms with van der Waals surface area (Å²) in [4.78, 5) is 11.4. The van der Waals surface area contributed by atoms with Crippen molar-refractivity contribution >= 4 is 5.78 Å². The first-order valence-corrected chi connectivity index (χ1v) is 4.71. The number of furan rings is 1. The summed E-state index contributed by atoms with van der Waals surface area (Å²) < 4.78 is 23.1. The maximum Gasteiger partial charge on any atom is 0.235 e. The van der Waals surface area contributed by atoms with Gasteiger partial charge in [0.2, 0.25) is 5.78 Å². The first-order chi connectivity index (χ1) is 7.77. The number of rotatable bonds is 4. The van der Waals surface area contributed by atoms with Crippen molar-refractivity contribution in [3.05, 3.63) is 54.2 Å². The van der Waals surface area contributed by atoms with E-state index in [2.05, 4.69) is 0 Å². The molecule has 4 heteroatoms. The summed E-state index contributed by atoms with van der Waals surface area (Å²) in [5.74, 6) is -0.554. The van der Waals surface area contributed by atoms with Crippen LogP contribution in [-0.2, 0) is 0 Å². The second kappa shape index (κ2) is 4.61. The molecule has 82 valence electrons. The Bertz CT molecular complexity index is 477. The zero-order chi connectivity index (χ0) is 11.4. The molecular formula is C12H9FO3. The van der Waals surface area contributed by atoms with Crippen molar-refractivity contribution in [1.29, 1.82) is 0 Å². The van der Waals surface area contributed by atoms with Crippen molar-refractivity contribution in [2.75, 3.05) is 6.61 Å². The van der Waals surface area contributed by atoms with Crippen LogP contribution in [-0.4, -0.2) is 12.4 Å². The van der Waals surface area contributed by atoms with Gasteiger partial charge in [-0.15, -0.1) is 0 Å². The lowest BCUT2D eigenvalue weighted by atomic mass is 10.3. The molecule has 1 heterocycles. The van der Waals surface area contributed by atoms with Gasteiger partial charge in [0, 0.05) is 0 Å². The molecular weight excluding hydrogens is 211 g/mol. The minimum atomic E-state index is -0.491. The molecule has 0 atom stereocenters. The second-order valence-electron chi connectivity index (χ2n) is 3.12. The predicted molar refractivity (Wildman–Crippen MR) is 54.9 cm³/mol. The summed E-state index contributed by atoms with van der Waals surface area (Å²) in [6.07, 6.45) is 1.40. The Balaban J connectivity index is 1.98. The molecule has 0 bridgehead atoms. The number of carbonyl (C=O) groups excluding carboxylic acids is 1. The zero-order valence-corrected chi connectivity index (χ0v) is 8.35. The van der Waals surface area contributed by atoms with Crippen molar-refractivity contribution in [1.82, 2.24) is 0 Å². The standard InChI is InChI=1S/C12H9FO3/c13-9-4-1-2-5-11(9)16-8-10(14)12-6-3-7-15-12/h1-7H,8H2. The smallest absolute Gasteiger partial charge is 0.235 e. The molecule has 0 unspecified atom stereocenters. The van der Waals surface area contributed by atoms with E-state index in [0.717, 1.165) is 0 Å². The van der Waals surface area contributed by atoms with Crippen LogP contribution in [0.5, 0.6) is 5.75 Å². The number of hydrogen-bond donors (Lipinski definition) is 0. The highest BCUT2D eigenvalue weighted by molar-refractivity contribution is 5.94. The Morgan fingerprint density at radius 2 is 2.06 bits per heavy atom. The molecule has 2 aromatic rings. The Kier molecular flexibility index (Phi) is 3.00. The molecule has 0 aliphatic rings. The third-order valence-corrected chi connectivity index (χ3v) is 1.99. The molecule has 1 aromatic carbocycles. The van der Waals surface area contributed by atoms with Crippen LogP contribution < -0.4 is 4.74 Å². The number of ether oxygens (including phenoxy) is 1. The molecule has 0 N–H and O–H groups in total. The van der Waals surface area contributed by atoms with Crippen LogP contribution in [0.1, 0.15) is 10.6 Å². The highest BCUT2D eigenvalue weighted by Crippen LogP contribution is 2.15. The van der Waals surface area contributed by atoms with Crippen molar-refractivity contribution in [2.24, 2.45) is 0 Å². The van der Waals surface area contributed by atoms with Crippen LogP contribution in [0.2, 0.25) is 0 Å². The van der Waals surface area contributed by atoms with Crippen LogP contribution in [0.25, 0.3) is 0 Å². The van der Waals surface area contributed by atoms with E-state index >= 15 is 0 Å². The Labute approximate surface area is 91.5 Å².